The normalized spacial score (nSPS) is 12.1. The van der Waals surface area contributed by atoms with E-state index in [-0.39, 0.29) is 0 Å². The minimum Gasteiger partial charge on any atom is -0.456 e. The molecule has 0 N–H and O–H groups in total. The van der Waals surface area contributed by atoms with Gasteiger partial charge in [0, 0.05) is 50.4 Å². The number of imidazole rings is 1. The van der Waals surface area contributed by atoms with Gasteiger partial charge < -0.3 is 8.98 Å². The first-order chi connectivity index (χ1) is 24.3. The summed E-state index contributed by atoms with van der Waals surface area (Å²) in [6, 6.07) is 54.6. The highest BCUT2D eigenvalue weighted by Gasteiger charge is 2.16. The van der Waals surface area contributed by atoms with Crippen molar-refractivity contribution in [1.82, 2.24) is 14.0 Å². The highest BCUT2D eigenvalue weighted by Crippen LogP contribution is 2.38. The third-order valence-electron chi connectivity index (χ3n) is 10.2. The first-order valence-corrected chi connectivity index (χ1v) is 16.6. The summed E-state index contributed by atoms with van der Waals surface area (Å²) in [6.45, 7) is 0. The van der Waals surface area contributed by atoms with Crippen LogP contribution in [-0.2, 0) is 0 Å². The van der Waals surface area contributed by atoms with Crippen LogP contribution in [0.25, 0.3) is 99.0 Å². The molecule has 0 bridgehead atoms. The average molecular weight is 626 g/mol. The van der Waals surface area contributed by atoms with E-state index in [1.54, 1.807) is 0 Å². The number of pyridine rings is 1. The van der Waals surface area contributed by atoms with E-state index in [4.69, 9.17) is 4.42 Å². The maximum absolute atomic E-state index is 6.11. The molecule has 0 aliphatic carbocycles. The topological polar surface area (TPSA) is 35.4 Å². The number of rotatable bonds is 3. The lowest BCUT2D eigenvalue weighted by atomic mass is 9.99. The number of hydrogen-bond acceptors (Lipinski definition) is 2. The number of furan rings is 1. The Bertz CT molecular complexity index is 3120. The molecule has 228 valence electrons. The van der Waals surface area contributed by atoms with Gasteiger partial charge in [0.15, 0.2) is 0 Å². The summed E-state index contributed by atoms with van der Waals surface area (Å²) in [6.07, 6.45) is 3.93. The quantitative estimate of drug-likeness (QED) is 0.183. The molecule has 0 atom stereocenters. The molecule has 7 aromatic carbocycles. The number of nitrogens with zero attached hydrogens (tertiary/aromatic N) is 3. The largest absolute Gasteiger partial charge is 0.456 e. The monoisotopic (exact) mass is 625 g/mol. The molecule has 4 aromatic heterocycles. The standard InChI is InChI=1S/C45H27N3O/c1-2-13-36-33(10-1)37-25-29(16-19-40(37)47-23-22-46-45(36)47)28-8-7-9-32(24-28)48-41-14-5-3-11-34(41)38-26-30(17-20-42(38)48)31-18-21-44-39(27-31)35-12-4-6-15-43(35)49-44/h1-27H. The Balaban J connectivity index is 1.07. The summed E-state index contributed by atoms with van der Waals surface area (Å²) in [4.78, 5) is 4.67. The predicted molar refractivity (Wildman–Crippen MR) is 203 cm³/mol. The van der Waals surface area contributed by atoms with Crippen molar-refractivity contribution in [2.24, 2.45) is 0 Å². The minimum atomic E-state index is 0.914. The van der Waals surface area contributed by atoms with Crippen LogP contribution in [0.1, 0.15) is 0 Å². The van der Waals surface area contributed by atoms with Gasteiger partial charge in [0.1, 0.15) is 16.8 Å². The summed E-state index contributed by atoms with van der Waals surface area (Å²) < 4.78 is 10.7. The third-order valence-corrected chi connectivity index (χ3v) is 10.2. The van der Waals surface area contributed by atoms with E-state index in [0.717, 1.165) is 44.2 Å². The van der Waals surface area contributed by atoms with E-state index in [0.29, 0.717) is 0 Å². The van der Waals surface area contributed by atoms with Crippen LogP contribution in [0, 0.1) is 0 Å². The lowest BCUT2D eigenvalue weighted by molar-refractivity contribution is 0.669. The highest BCUT2D eigenvalue weighted by atomic mass is 16.3. The van der Waals surface area contributed by atoms with E-state index in [9.17, 15) is 0 Å². The van der Waals surface area contributed by atoms with Gasteiger partial charge in [-0.3, -0.25) is 4.40 Å². The zero-order chi connectivity index (χ0) is 32.1. The van der Waals surface area contributed by atoms with Crippen LogP contribution in [0.15, 0.2) is 168 Å². The van der Waals surface area contributed by atoms with Gasteiger partial charge in [-0.05, 0) is 88.3 Å². The predicted octanol–water partition coefficient (Wildman–Crippen LogP) is 12.0. The Morgan fingerprint density at radius 1 is 0.408 bits per heavy atom. The fourth-order valence-corrected chi connectivity index (χ4v) is 7.91. The van der Waals surface area contributed by atoms with Crippen LogP contribution in [0.4, 0.5) is 0 Å². The number of fused-ring (bicyclic) bond motifs is 12. The molecule has 4 nitrogen and oxygen atoms in total. The molecule has 0 saturated heterocycles. The van der Waals surface area contributed by atoms with E-state index >= 15 is 0 Å². The fraction of sp³-hybridized carbons (Fsp3) is 0. The third kappa shape index (κ3) is 3.83. The van der Waals surface area contributed by atoms with Crippen molar-refractivity contribution in [3.8, 4) is 27.9 Å². The van der Waals surface area contributed by atoms with Crippen molar-refractivity contribution in [2.45, 2.75) is 0 Å². The molecule has 4 heterocycles. The summed E-state index contributed by atoms with van der Waals surface area (Å²) >= 11 is 0. The molecule has 0 amide bonds. The van der Waals surface area contributed by atoms with Crippen molar-refractivity contribution in [3.63, 3.8) is 0 Å². The zero-order valence-electron chi connectivity index (χ0n) is 26.3. The van der Waals surface area contributed by atoms with Crippen molar-refractivity contribution >= 4 is 71.1 Å². The fourth-order valence-electron chi connectivity index (χ4n) is 7.91. The number of hydrogen-bond donors (Lipinski definition) is 0. The minimum absolute atomic E-state index is 0.914. The molecule has 4 heteroatoms. The second kappa shape index (κ2) is 9.93. The molecule has 0 fully saturated rings. The lowest BCUT2D eigenvalue weighted by Crippen LogP contribution is -1.95. The molecule has 0 aliphatic rings. The Morgan fingerprint density at radius 3 is 1.88 bits per heavy atom. The van der Waals surface area contributed by atoms with Crippen molar-refractivity contribution in [3.05, 3.63) is 164 Å². The zero-order valence-corrected chi connectivity index (χ0v) is 26.3. The van der Waals surface area contributed by atoms with Gasteiger partial charge in [-0.25, -0.2) is 4.98 Å². The van der Waals surface area contributed by atoms with Gasteiger partial charge in [0.05, 0.1) is 16.6 Å². The molecule has 0 spiro atoms. The Hall–Kier alpha value is -6.65. The van der Waals surface area contributed by atoms with Gasteiger partial charge in [-0.15, -0.1) is 0 Å². The Morgan fingerprint density at radius 2 is 1.02 bits per heavy atom. The SMILES string of the molecule is c1cc(-c2ccc3c(c2)c2ccccc2c2nccn32)cc(-n2c3ccccc3c3cc(-c4ccc5oc6ccccc6c5c4)ccc32)c1. The average Bonchev–Trinajstić information content (AvgIpc) is 3.89. The van der Waals surface area contributed by atoms with E-state index in [1.165, 1.54) is 54.8 Å². The van der Waals surface area contributed by atoms with E-state index < -0.39 is 0 Å². The van der Waals surface area contributed by atoms with Crippen molar-refractivity contribution < 1.29 is 4.42 Å². The van der Waals surface area contributed by atoms with Gasteiger partial charge in [-0.1, -0.05) is 91.0 Å². The van der Waals surface area contributed by atoms with E-state index in [1.807, 2.05) is 18.3 Å². The van der Waals surface area contributed by atoms with Gasteiger partial charge in [-0.2, -0.15) is 0 Å². The van der Waals surface area contributed by atoms with Crippen LogP contribution >= 0.6 is 0 Å². The van der Waals surface area contributed by atoms with Crippen LogP contribution in [0.5, 0.6) is 0 Å². The molecular weight excluding hydrogens is 599 g/mol. The Labute approximate surface area is 280 Å². The second-order valence-corrected chi connectivity index (χ2v) is 12.8. The summed E-state index contributed by atoms with van der Waals surface area (Å²) in [7, 11) is 0. The number of para-hydroxylation sites is 2. The number of aromatic nitrogens is 3. The van der Waals surface area contributed by atoms with Crippen LogP contribution in [0.3, 0.4) is 0 Å². The molecule has 11 aromatic rings. The molecule has 0 unspecified atom stereocenters. The highest BCUT2D eigenvalue weighted by molar-refractivity contribution is 6.13. The lowest BCUT2D eigenvalue weighted by Gasteiger charge is -2.13. The van der Waals surface area contributed by atoms with Gasteiger partial charge >= 0.3 is 0 Å². The molecule has 0 saturated carbocycles. The number of benzene rings is 7. The van der Waals surface area contributed by atoms with Gasteiger partial charge in [0.2, 0.25) is 0 Å². The first kappa shape index (κ1) is 26.4. The van der Waals surface area contributed by atoms with Gasteiger partial charge in [0.25, 0.3) is 0 Å². The maximum atomic E-state index is 6.11. The van der Waals surface area contributed by atoms with Crippen LogP contribution in [0.2, 0.25) is 0 Å². The summed E-state index contributed by atoms with van der Waals surface area (Å²) in [5, 5.41) is 8.35. The molecule has 0 aliphatic heterocycles. The molecule has 49 heavy (non-hydrogen) atoms. The summed E-state index contributed by atoms with van der Waals surface area (Å²) in [5.74, 6) is 0. The molecule has 0 radical (unpaired) electrons. The second-order valence-electron chi connectivity index (χ2n) is 12.8. The van der Waals surface area contributed by atoms with Crippen LogP contribution < -0.4 is 0 Å². The molecule has 11 rings (SSSR count). The summed E-state index contributed by atoms with van der Waals surface area (Å²) in [5.41, 5.74) is 12.2. The van der Waals surface area contributed by atoms with E-state index in [2.05, 4.69) is 160 Å². The molecular formula is C45H27N3O. The smallest absolute Gasteiger partial charge is 0.145 e. The first-order valence-electron chi connectivity index (χ1n) is 16.6. The van der Waals surface area contributed by atoms with Crippen molar-refractivity contribution in [2.75, 3.05) is 0 Å². The Kier molecular flexibility index (Phi) is 5.35. The van der Waals surface area contributed by atoms with Crippen LogP contribution in [-0.4, -0.2) is 14.0 Å². The van der Waals surface area contributed by atoms with Crippen molar-refractivity contribution in [1.29, 1.82) is 0 Å². The maximum Gasteiger partial charge on any atom is 0.145 e.